The molecule has 0 saturated heterocycles. The van der Waals surface area contributed by atoms with E-state index in [1.54, 1.807) is 7.11 Å². The fourth-order valence-electron chi connectivity index (χ4n) is 1.82. The van der Waals surface area contributed by atoms with Gasteiger partial charge in [0, 0.05) is 26.1 Å². The molecule has 1 aromatic carbocycles. The molecule has 1 aromatic rings. The summed E-state index contributed by atoms with van der Waals surface area (Å²) in [7, 11) is 1.63. The normalized spacial score (nSPS) is 9.91. The summed E-state index contributed by atoms with van der Waals surface area (Å²) in [5, 5.41) is 8.19. The number of rotatable bonds is 9. The Morgan fingerprint density at radius 1 is 1.00 bits per heavy atom. The third kappa shape index (κ3) is 7.52. The highest BCUT2D eigenvalue weighted by Gasteiger charge is 2.03. The Morgan fingerprint density at radius 2 is 1.68 bits per heavy atom. The molecule has 0 aliphatic rings. The summed E-state index contributed by atoms with van der Waals surface area (Å²) in [5.74, 6) is 0.774. The van der Waals surface area contributed by atoms with Crippen LogP contribution in [0.15, 0.2) is 24.3 Å². The Balaban J connectivity index is 2.11. The van der Waals surface area contributed by atoms with Crippen molar-refractivity contribution in [1.29, 1.82) is 0 Å². The molecule has 6 heteroatoms. The minimum absolute atomic E-state index is 0.0413. The lowest BCUT2D eigenvalue weighted by Crippen LogP contribution is -2.38. The SMILES string of the molecule is CCCNC(=O)CCNC(=O)NCCc1ccc(OC)cc1. The second kappa shape index (κ2) is 10.5. The lowest BCUT2D eigenvalue weighted by molar-refractivity contribution is -0.120. The van der Waals surface area contributed by atoms with Gasteiger partial charge in [-0.25, -0.2) is 4.79 Å². The maximum atomic E-state index is 11.6. The van der Waals surface area contributed by atoms with Gasteiger partial charge in [0.25, 0.3) is 0 Å². The van der Waals surface area contributed by atoms with Crippen molar-refractivity contribution in [3.05, 3.63) is 29.8 Å². The Morgan fingerprint density at radius 3 is 2.32 bits per heavy atom. The van der Waals surface area contributed by atoms with Crippen molar-refractivity contribution >= 4 is 11.9 Å². The van der Waals surface area contributed by atoms with Gasteiger partial charge in [0.05, 0.1) is 7.11 Å². The second-order valence-corrected chi connectivity index (χ2v) is 4.88. The predicted octanol–water partition coefficient (Wildman–Crippen LogP) is 1.45. The number of carbonyl (C=O) groups is 2. The number of methoxy groups -OCH3 is 1. The summed E-state index contributed by atoms with van der Waals surface area (Å²) in [5.41, 5.74) is 1.13. The Kier molecular flexibility index (Phi) is 8.49. The van der Waals surface area contributed by atoms with E-state index in [4.69, 9.17) is 4.74 Å². The summed E-state index contributed by atoms with van der Waals surface area (Å²) in [6.45, 7) is 3.55. The monoisotopic (exact) mass is 307 g/mol. The number of amides is 3. The number of hydrogen-bond donors (Lipinski definition) is 3. The number of nitrogens with one attached hydrogen (secondary N) is 3. The van der Waals surface area contributed by atoms with E-state index in [-0.39, 0.29) is 11.9 Å². The first kappa shape index (κ1) is 17.8. The number of benzene rings is 1. The van der Waals surface area contributed by atoms with Gasteiger partial charge in [-0.3, -0.25) is 4.79 Å². The Labute approximate surface area is 131 Å². The van der Waals surface area contributed by atoms with Crippen molar-refractivity contribution in [1.82, 2.24) is 16.0 Å². The maximum Gasteiger partial charge on any atom is 0.314 e. The van der Waals surface area contributed by atoms with Crippen LogP contribution in [0.2, 0.25) is 0 Å². The molecule has 3 amide bonds. The van der Waals surface area contributed by atoms with Gasteiger partial charge in [-0.05, 0) is 30.5 Å². The summed E-state index contributed by atoms with van der Waals surface area (Å²) in [6, 6.07) is 7.47. The summed E-state index contributed by atoms with van der Waals surface area (Å²) in [6.07, 6.45) is 1.95. The van der Waals surface area contributed by atoms with Crippen LogP contribution in [-0.4, -0.2) is 38.7 Å². The van der Waals surface area contributed by atoms with Crippen LogP contribution in [0.5, 0.6) is 5.75 Å². The Bertz CT molecular complexity index is 460. The van der Waals surface area contributed by atoms with Gasteiger partial charge in [0.2, 0.25) is 5.91 Å². The smallest absolute Gasteiger partial charge is 0.314 e. The van der Waals surface area contributed by atoms with Gasteiger partial charge in [-0.15, -0.1) is 0 Å². The van der Waals surface area contributed by atoms with Crippen LogP contribution in [0.3, 0.4) is 0 Å². The second-order valence-electron chi connectivity index (χ2n) is 4.88. The van der Waals surface area contributed by atoms with E-state index < -0.39 is 0 Å². The van der Waals surface area contributed by atoms with E-state index in [2.05, 4.69) is 16.0 Å². The van der Waals surface area contributed by atoms with Crippen molar-refractivity contribution in [2.24, 2.45) is 0 Å². The molecule has 22 heavy (non-hydrogen) atoms. The zero-order valence-electron chi connectivity index (χ0n) is 13.3. The van der Waals surface area contributed by atoms with Gasteiger partial charge in [-0.1, -0.05) is 19.1 Å². The topological polar surface area (TPSA) is 79.5 Å². The van der Waals surface area contributed by atoms with Crippen molar-refractivity contribution in [2.75, 3.05) is 26.7 Å². The molecule has 0 saturated carbocycles. The molecule has 0 aliphatic heterocycles. The molecule has 0 fully saturated rings. The standard InChI is InChI=1S/C16H25N3O3/c1-3-10-17-15(20)9-12-19-16(21)18-11-8-13-4-6-14(22-2)7-5-13/h4-7H,3,8-12H2,1-2H3,(H,17,20)(H2,18,19,21). The van der Waals surface area contributed by atoms with Crippen LogP contribution >= 0.6 is 0 Å². The molecule has 0 bridgehead atoms. The number of carbonyl (C=O) groups excluding carboxylic acids is 2. The van der Waals surface area contributed by atoms with Gasteiger partial charge in [0.1, 0.15) is 5.75 Å². The van der Waals surface area contributed by atoms with Crippen LogP contribution in [0, 0.1) is 0 Å². The van der Waals surface area contributed by atoms with Crippen molar-refractivity contribution in [2.45, 2.75) is 26.2 Å². The van der Waals surface area contributed by atoms with Crippen LogP contribution in [-0.2, 0) is 11.2 Å². The molecule has 0 unspecified atom stereocenters. The molecule has 0 atom stereocenters. The molecular formula is C16H25N3O3. The van der Waals surface area contributed by atoms with Crippen molar-refractivity contribution in [3.8, 4) is 5.75 Å². The van der Waals surface area contributed by atoms with Crippen LogP contribution in [0.4, 0.5) is 4.79 Å². The van der Waals surface area contributed by atoms with Gasteiger partial charge < -0.3 is 20.7 Å². The molecule has 0 aliphatic carbocycles. The fourth-order valence-corrected chi connectivity index (χ4v) is 1.82. The predicted molar refractivity (Wildman–Crippen MR) is 86.0 cm³/mol. The van der Waals surface area contributed by atoms with E-state index in [0.717, 1.165) is 24.2 Å². The van der Waals surface area contributed by atoms with Gasteiger partial charge in [0.15, 0.2) is 0 Å². The van der Waals surface area contributed by atoms with Crippen LogP contribution in [0.1, 0.15) is 25.3 Å². The maximum absolute atomic E-state index is 11.6. The van der Waals surface area contributed by atoms with E-state index in [9.17, 15) is 9.59 Å². The average Bonchev–Trinajstić information content (AvgIpc) is 2.53. The molecular weight excluding hydrogens is 282 g/mol. The van der Waals surface area contributed by atoms with Crippen LogP contribution < -0.4 is 20.7 Å². The molecule has 6 nitrogen and oxygen atoms in total. The lowest BCUT2D eigenvalue weighted by Gasteiger charge is -2.08. The highest BCUT2D eigenvalue weighted by molar-refractivity contribution is 5.78. The summed E-state index contributed by atoms with van der Waals surface area (Å²) in [4.78, 5) is 22.9. The third-order valence-corrected chi connectivity index (χ3v) is 3.07. The van der Waals surface area contributed by atoms with E-state index >= 15 is 0 Å². The zero-order chi connectivity index (χ0) is 16.2. The van der Waals surface area contributed by atoms with Gasteiger partial charge in [-0.2, -0.15) is 0 Å². The van der Waals surface area contributed by atoms with E-state index in [1.165, 1.54) is 0 Å². The number of urea groups is 1. The molecule has 122 valence electrons. The summed E-state index contributed by atoms with van der Waals surface area (Å²) < 4.78 is 5.09. The lowest BCUT2D eigenvalue weighted by atomic mass is 10.1. The first-order valence-electron chi connectivity index (χ1n) is 7.57. The first-order valence-corrected chi connectivity index (χ1v) is 7.57. The molecule has 0 spiro atoms. The summed E-state index contributed by atoms with van der Waals surface area (Å²) >= 11 is 0. The quantitative estimate of drug-likeness (QED) is 0.646. The van der Waals surface area contributed by atoms with Crippen LogP contribution in [0.25, 0.3) is 0 Å². The van der Waals surface area contributed by atoms with E-state index in [0.29, 0.717) is 26.1 Å². The van der Waals surface area contributed by atoms with Crippen molar-refractivity contribution in [3.63, 3.8) is 0 Å². The third-order valence-electron chi connectivity index (χ3n) is 3.07. The van der Waals surface area contributed by atoms with E-state index in [1.807, 2.05) is 31.2 Å². The molecule has 1 rings (SSSR count). The highest BCUT2D eigenvalue weighted by atomic mass is 16.5. The zero-order valence-corrected chi connectivity index (χ0v) is 13.3. The number of hydrogen-bond acceptors (Lipinski definition) is 3. The Hall–Kier alpha value is -2.24. The molecule has 0 radical (unpaired) electrons. The largest absolute Gasteiger partial charge is 0.497 e. The fraction of sp³-hybridized carbons (Fsp3) is 0.500. The van der Waals surface area contributed by atoms with Gasteiger partial charge >= 0.3 is 6.03 Å². The minimum Gasteiger partial charge on any atom is -0.497 e. The molecule has 3 N–H and O–H groups in total. The average molecular weight is 307 g/mol. The first-order chi connectivity index (χ1) is 10.7. The molecule has 0 heterocycles. The minimum atomic E-state index is -0.253. The highest BCUT2D eigenvalue weighted by Crippen LogP contribution is 2.11. The van der Waals surface area contributed by atoms with Crippen molar-refractivity contribution < 1.29 is 14.3 Å². The number of ether oxygens (including phenoxy) is 1. The molecule has 0 aromatic heterocycles.